The van der Waals surface area contributed by atoms with E-state index in [1.54, 1.807) is 0 Å². The molecule has 1 saturated carbocycles. The standard InChI is InChI=1S/C12H21N3O2/c16-11(15-9-5-6-9)4-2-8-14-12(17)10-3-1-7-13-10/h9-10,13H,1-8H2,(H,14,17)(H,15,16). The fraction of sp³-hybridized carbons (Fsp3) is 0.833. The van der Waals surface area contributed by atoms with Crippen molar-refractivity contribution in [1.82, 2.24) is 16.0 Å². The van der Waals surface area contributed by atoms with Gasteiger partial charge >= 0.3 is 0 Å². The number of rotatable bonds is 6. The lowest BCUT2D eigenvalue weighted by molar-refractivity contribution is -0.124. The van der Waals surface area contributed by atoms with E-state index >= 15 is 0 Å². The van der Waals surface area contributed by atoms with Gasteiger partial charge in [-0.3, -0.25) is 9.59 Å². The SMILES string of the molecule is O=C(CCCNC(=O)C1CCCN1)NC1CC1. The lowest BCUT2D eigenvalue weighted by Gasteiger charge is -2.10. The summed E-state index contributed by atoms with van der Waals surface area (Å²) in [6.07, 6.45) is 5.47. The van der Waals surface area contributed by atoms with Gasteiger partial charge in [0.15, 0.2) is 0 Å². The maximum Gasteiger partial charge on any atom is 0.237 e. The van der Waals surface area contributed by atoms with Crippen molar-refractivity contribution in [2.45, 2.75) is 50.6 Å². The Kier molecular flexibility index (Phi) is 4.36. The zero-order valence-corrected chi connectivity index (χ0v) is 10.1. The lowest BCUT2D eigenvalue weighted by atomic mass is 10.2. The average molecular weight is 239 g/mol. The molecule has 0 aromatic rings. The first kappa shape index (κ1) is 12.4. The minimum Gasteiger partial charge on any atom is -0.355 e. The van der Waals surface area contributed by atoms with Gasteiger partial charge in [-0.05, 0) is 38.6 Å². The Morgan fingerprint density at radius 1 is 1.24 bits per heavy atom. The third kappa shape index (κ3) is 4.34. The van der Waals surface area contributed by atoms with Crippen LogP contribution in [0.4, 0.5) is 0 Å². The van der Waals surface area contributed by atoms with Crippen LogP contribution in [0.1, 0.15) is 38.5 Å². The molecule has 3 N–H and O–H groups in total. The molecule has 5 heteroatoms. The molecular formula is C12H21N3O2. The van der Waals surface area contributed by atoms with Crippen LogP contribution < -0.4 is 16.0 Å². The maximum absolute atomic E-state index is 11.6. The van der Waals surface area contributed by atoms with Crippen molar-refractivity contribution < 1.29 is 9.59 Å². The van der Waals surface area contributed by atoms with Gasteiger partial charge in [-0.1, -0.05) is 0 Å². The Morgan fingerprint density at radius 3 is 2.71 bits per heavy atom. The third-order valence-corrected chi connectivity index (χ3v) is 3.20. The summed E-state index contributed by atoms with van der Waals surface area (Å²) >= 11 is 0. The highest BCUT2D eigenvalue weighted by Gasteiger charge is 2.23. The Hall–Kier alpha value is -1.10. The molecule has 1 heterocycles. The van der Waals surface area contributed by atoms with Gasteiger partial charge in [0.25, 0.3) is 0 Å². The summed E-state index contributed by atoms with van der Waals surface area (Å²) in [4.78, 5) is 23.0. The fourth-order valence-corrected chi connectivity index (χ4v) is 2.02. The Labute approximate surface area is 102 Å². The van der Waals surface area contributed by atoms with E-state index in [2.05, 4.69) is 16.0 Å². The number of carbonyl (C=O) groups excluding carboxylic acids is 2. The highest BCUT2D eigenvalue weighted by Crippen LogP contribution is 2.18. The van der Waals surface area contributed by atoms with Crippen LogP contribution in [0.2, 0.25) is 0 Å². The second-order valence-electron chi connectivity index (χ2n) is 4.89. The molecule has 2 rings (SSSR count). The number of nitrogens with one attached hydrogen (secondary N) is 3. The van der Waals surface area contributed by atoms with Crippen molar-refractivity contribution in [2.24, 2.45) is 0 Å². The molecule has 2 fully saturated rings. The molecule has 0 radical (unpaired) electrons. The first-order valence-corrected chi connectivity index (χ1v) is 6.56. The van der Waals surface area contributed by atoms with Crippen LogP contribution in [0, 0.1) is 0 Å². The molecule has 1 unspecified atom stereocenters. The number of carbonyl (C=O) groups is 2. The van der Waals surface area contributed by atoms with Crippen LogP contribution in [0.25, 0.3) is 0 Å². The minimum atomic E-state index is -0.0182. The van der Waals surface area contributed by atoms with Crippen molar-refractivity contribution in [2.75, 3.05) is 13.1 Å². The van der Waals surface area contributed by atoms with Crippen molar-refractivity contribution in [3.63, 3.8) is 0 Å². The molecule has 0 aromatic carbocycles. The highest BCUT2D eigenvalue weighted by molar-refractivity contribution is 5.82. The summed E-state index contributed by atoms with van der Waals surface area (Å²) in [7, 11) is 0. The van der Waals surface area contributed by atoms with Crippen LogP contribution in [0.5, 0.6) is 0 Å². The van der Waals surface area contributed by atoms with Crippen molar-refractivity contribution in [1.29, 1.82) is 0 Å². The Morgan fingerprint density at radius 2 is 2.06 bits per heavy atom. The summed E-state index contributed by atoms with van der Waals surface area (Å²) in [5, 5.41) is 8.95. The zero-order chi connectivity index (χ0) is 12.1. The molecule has 0 bridgehead atoms. The van der Waals surface area contributed by atoms with Gasteiger partial charge in [0.1, 0.15) is 0 Å². The van der Waals surface area contributed by atoms with E-state index in [0.717, 1.165) is 38.6 Å². The molecule has 1 saturated heterocycles. The van der Waals surface area contributed by atoms with E-state index < -0.39 is 0 Å². The van der Waals surface area contributed by atoms with Crippen molar-refractivity contribution >= 4 is 11.8 Å². The summed E-state index contributed by atoms with van der Waals surface area (Å²) in [5.74, 6) is 0.186. The molecule has 1 aliphatic carbocycles. The van der Waals surface area contributed by atoms with Gasteiger partial charge in [0.2, 0.25) is 11.8 Å². The second kappa shape index (κ2) is 6.00. The zero-order valence-electron chi connectivity index (χ0n) is 10.1. The third-order valence-electron chi connectivity index (χ3n) is 3.20. The van der Waals surface area contributed by atoms with Crippen molar-refractivity contribution in [3.05, 3.63) is 0 Å². The topological polar surface area (TPSA) is 70.2 Å². The molecule has 2 amide bonds. The van der Waals surface area contributed by atoms with E-state index in [-0.39, 0.29) is 17.9 Å². The monoisotopic (exact) mass is 239 g/mol. The lowest BCUT2D eigenvalue weighted by Crippen LogP contribution is -2.40. The van der Waals surface area contributed by atoms with Gasteiger partial charge < -0.3 is 16.0 Å². The quantitative estimate of drug-likeness (QED) is 0.568. The molecule has 1 aliphatic heterocycles. The Bertz CT molecular complexity index is 283. The molecular weight excluding hydrogens is 218 g/mol. The fourth-order valence-electron chi connectivity index (χ4n) is 2.02. The molecule has 96 valence electrons. The van der Waals surface area contributed by atoms with E-state index in [0.29, 0.717) is 19.0 Å². The largest absolute Gasteiger partial charge is 0.355 e. The molecule has 5 nitrogen and oxygen atoms in total. The average Bonchev–Trinajstić information content (AvgIpc) is 2.96. The minimum absolute atomic E-state index is 0.0182. The summed E-state index contributed by atoms with van der Waals surface area (Å²) < 4.78 is 0. The maximum atomic E-state index is 11.6. The van der Waals surface area contributed by atoms with E-state index in [1.807, 2.05) is 0 Å². The number of hydrogen-bond acceptors (Lipinski definition) is 3. The van der Waals surface area contributed by atoms with Gasteiger partial charge in [-0.2, -0.15) is 0 Å². The summed E-state index contributed by atoms with van der Waals surface area (Å²) in [5.41, 5.74) is 0. The summed E-state index contributed by atoms with van der Waals surface area (Å²) in [6, 6.07) is 0.412. The molecule has 0 spiro atoms. The molecule has 1 atom stereocenters. The van der Waals surface area contributed by atoms with E-state index in [1.165, 1.54) is 0 Å². The predicted octanol–water partition coefficient (Wildman–Crippen LogP) is -0.0866. The van der Waals surface area contributed by atoms with Gasteiger partial charge in [0, 0.05) is 19.0 Å². The van der Waals surface area contributed by atoms with Gasteiger partial charge in [-0.15, -0.1) is 0 Å². The Balaban J connectivity index is 1.49. The number of amides is 2. The predicted molar refractivity (Wildman–Crippen MR) is 64.4 cm³/mol. The first-order valence-electron chi connectivity index (χ1n) is 6.56. The van der Waals surface area contributed by atoms with Gasteiger partial charge in [0.05, 0.1) is 6.04 Å². The normalized spacial score (nSPS) is 23.4. The van der Waals surface area contributed by atoms with Crippen molar-refractivity contribution in [3.8, 4) is 0 Å². The van der Waals surface area contributed by atoms with Crippen LogP contribution in [0.3, 0.4) is 0 Å². The van der Waals surface area contributed by atoms with Crippen LogP contribution in [0.15, 0.2) is 0 Å². The van der Waals surface area contributed by atoms with Gasteiger partial charge in [-0.25, -0.2) is 0 Å². The molecule has 17 heavy (non-hydrogen) atoms. The number of hydrogen-bond donors (Lipinski definition) is 3. The second-order valence-corrected chi connectivity index (χ2v) is 4.89. The molecule has 0 aromatic heterocycles. The van der Waals surface area contributed by atoms with Crippen LogP contribution >= 0.6 is 0 Å². The molecule has 2 aliphatic rings. The highest BCUT2D eigenvalue weighted by atomic mass is 16.2. The van der Waals surface area contributed by atoms with E-state index in [9.17, 15) is 9.59 Å². The summed E-state index contributed by atoms with van der Waals surface area (Å²) in [6.45, 7) is 1.52. The van der Waals surface area contributed by atoms with Crippen LogP contribution in [-0.2, 0) is 9.59 Å². The first-order chi connectivity index (χ1) is 8.25. The smallest absolute Gasteiger partial charge is 0.237 e. The van der Waals surface area contributed by atoms with E-state index in [4.69, 9.17) is 0 Å². The van der Waals surface area contributed by atoms with Crippen LogP contribution in [-0.4, -0.2) is 37.0 Å².